The van der Waals surface area contributed by atoms with Gasteiger partial charge in [-0.15, -0.1) is 5.10 Å². The summed E-state index contributed by atoms with van der Waals surface area (Å²) in [6.07, 6.45) is 0. The molecule has 0 aliphatic rings. The van der Waals surface area contributed by atoms with Crippen molar-refractivity contribution in [3.8, 4) is 5.75 Å². The smallest absolute Gasteiger partial charge is 0.281 e. The molecular weight excluding hydrogens is 362 g/mol. The van der Waals surface area contributed by atoms with Gasteiger partial charge >= 0.3 is 0 Å². The standard InChI is InChI=1S/C11H14BrN5O3S/c1-17-11(10(12)14-16-17)21(18,19)15-8-2-4-9(5-3-8)20-7-6-13/h2-5,15H,6-7,13H2,1H3. The molecule has 0 saturated heterocycles. The van der Waals surface area contributed by atoms with Crippen LogP contribution in [0.25, 0.3) is 0 Å². The summed E-state index contributed by atoms with van der Waals surface area (Å²) in [5.41, 5.74) is 5.74. The lowest BCUT2D eigenvalue weighted by molar-refractivity contribution is 0.328. The van der Waals surface area contributed by atoms with Crippen LogP contribution in [0.1, 0.15) is 0 Å². The van der Waals surface area contributed by atoms with Gasteiger partial charge in [0.1, 0.15) is 12.4 Å². The van der Waals surface area contributed by atoms with E-state index < -0.39 is 10.0 Å². The van der Waals surface area contributed by atoms with Crippen molar-refractivity contribution < 1.29 is 13.2 Å². The van der Waals surface area contributed by atoms with Crippen LogP contribution in [0.4, 0.5) is 5.69 Å². The summed E-state index contributed by atoms with van der Waals surface area (Å²) >= 11 is 3.06. The topological polar surface area (TPSA) is 112 Å². The highest BCUT2D eigenvalue weighted by Crippen LogP contribution is 2.22. The van der Waals surface area contributed by atoms with Gasteiger partial charge in [0.15, 0.2) is 4.60 Å². The van der Waals surface area contributed by atoms with Crippen LogP contribution in [0.3, 0.4) is 0 Å². The Morgan fingerprint density at radius 2 is 2.05 bits per heavy atom. The van der Waals surface area contributed by atoms with E-state index >= 15 is 0 Å². The van der Waals surface area contributed by atoms with Crippen molar-refractivity contribution in [2.24, 2.45) is 12.8 Å². The van der Waals surface area contributed by atoms with Gasteiger partial charge in [0.2, 0.25) is 5.03 Å². The summed E-state index contributed by atoms with van der Waals surface area (Å²) in [5, 5.41) is 7.24. The summed E-state index contributed by atoms with van der Waals surface area (Å²) in [6.45, 7) is 0.814. The maximum atomic E-state index is 12.3. The summed E-state index contributed by atoms with van der Waals surface area (Å²) in [5.74, 6) is 0.617. The molecule has 0 spiro atoms. The number of anilines is 1. The van der Waals surface area contributed by atoms with Crippen LogP contribution in [0.15, 0.2) is 33.9 Å². The predicted octanol–water partition coefficient (Wildman–Crippen LogP) is 0.716. The van der Waals surface area contributed by atoms with Gasteiger partial charge in [-0.3, -0.25) is 4.72 Å². The highest BCUT2D eigenvalue weighted by atomic mass is 79.9. The molecule has 8 nitrogen and oxygen atoms in total. The van der Waals surface area contributed by atoms with E-state index in [4.69, 9.17) is 10.5 Å². The zero-order chi connectivity index (χ0) is 15.5. The van der Waals surface area contributed by atoms with Crippen molar-refractivity contribution in [3.63, 3.8) is 0 Å². The number of hydrogen-bond donors (Lipinski definition) is 2. The zero-order valence-electron chi connectivity index (χ0n) is 11.2. The van der Waals surface area contributed by atoms with Gasteiger partial charge in [-0.25, -0.2) is 4.68 Å². The fraction of sp³-hybridized carbons (Fsp3) is 0.273. The first-order chi connectivity index (χ1) is 9.94. The van der Waals surface area contributed by atoms with E-state index in [0.717, 1.165) is 0 Å². The minimum atomic E-state index is -3.78. The van der Waals surface area contributed by atoms with Crippen LogP contribution in [0.5, 0.6) is 5.75 Å². The molecule has 21 heavy (non-hydrogen) atoms. The fourth-order valence-electron chi connectivity index (χ4n) is 1.61. The number of rotatable bonds is 6. The monoisotopic (exact) mass is 375 g/mol. The average molecular weight is 376 g/mol. The van der Waals surface area contributed by atoms with Gasteiger partial charge in [-0.05, 0) is 40.2 Å². The van der Waals surface area contributed by atoms with Gasteiger partial charge in [0.25, 0.3) is 10.0 Å². The van der Waals surface area contributed by atoms with Crippen molar-refractivity contribution >= 4 is 31.6 Å². The summed E-state index contributed by atoms with van der Waals surface area (Å²) in [6, 6.07) is 6.51. The lowest BCUT2D eigenvalue weighted by Gasteiger charge is -2.09. The molecule has 0 amide bonds. The van der Waals surface area contributed by atoms with Gasteiger partial charge in [0, 0.05) is 19.3 Å². The minimum absolute atomic E-state index is 0.0500. The molecular formula is C11H14BrN5O3S. The van der Waals surface area contributed by atoms with Crippen LogP contribution in [-0.4, -0.2) is 36.6 Å². The van der Waals surface area contributed by atoms with Crippen molar-refractivity contribution in [2.75, 3.05) is 17.9 Å². The zero-order valence-corrected chi connectivity index (χ0v) is 13.6. The fourth-order valence-corrected chi connectivity index (χ4v) is 3.76. The molecule has 2 rings (SSSR count). The molecule has 0 fully saturated rings. The number of ether oxygens (including phenoxy) is 1. The molecule has 0 atom stereocenters. The van der Waals surface area contributed by atoms with Crippen molar-refractivity contribution in [1.82, 2.24) is 15.0 Å². The molecule has 0 unspecified atom stereocenters. The first-order valence-corrected chi connectivity index (χ1v) is 8.22. The number of hydrogen-bond acceptors (Lipinski definition) is 6. The van der Waals surface area contributed by atoms with E-state index in [-0.39, 0.29) is 9.63 Å². The van der Waals surface area contributed by atoms with Gasteiger partial charge in [0.05, 0.1) is 0 Å². The number of benzene rings is 1. The Labute approximate surface area is 130 Å². The average Bonchev–Trinajstić information content (AvgIpc) is 2.77. The third-order valence-electron chi connectivity index (χ3n) is 2.48. The SMILES string of the molecule is Cn1nnc(Br)c1S(=O)(=O)Nc1ccc(OCCN)cc1. The van der Waals surface area contributed by atoms with E-state index in [2.05, 4.69) is 31.0 Å². The van der Waals surface area contributed by atoms with Gasteiger partial charge < -0.3 is 10.5 Å². The minimum Gasteiger partial charge on any atom is -0.492 e. The second-order valence-electron chi connectivity index (χ2n) is 4.08. The molecule has 3 N–H and O–H groups in total. The number of nitrogens with zero attached hydrogens (tertiary/aromatic N) is 3. The van der Waals surface area contributed by atoms with Gasteiger partial charge in [-0.1, -0.05) is 5.21 Å². The maximum Gasteiger partial charge on any atom is 0.281 e. The number of aromatic nitrogens is 3. The van der Waals surface area contributed by atoms with Gasteiger partial charge in [-0.2, -0.15) is 8.42 Å². The molecule has 0 aliphatic heterocycles. The van der Waals surface area contributed by atoms with Crippen LogP contribution in [0.2, 0.25) is 0 Å². The van der Waals surface area contributed by atoms with Crippen LogP contribution in [-0.2, 0) is 17.1 Å². The van der Waals surface area contributed by atoms with E-state index in [1.54, 1.807) is 24.3 Å². The Morgan fingerprint density at radius 3 is 2.57 bits per heavy atom. The largest absolute Gasteiger partial charge is 0.492 e. The number of nitrogens with two attached hydrogens (primary N) is 1. The molecule has 0 saturated carbocycles. The summed E-state index contributed by atoms with van der Waals surface area (Å²) in [7, 11) is -2.28. The molecule has 1 heterocycles. The number of nitrogens with one attached hydrogen (secondary N) is 1. The first-order valence-electron chi connectivity index (χ1n) is 5.95. The Balaban J connectivity index is 2.17. The quantitative estimate of drug-likeness (QED) is 0.768. The van der Waals surface area contributed by atoms with Crippen molar-refractivity contribution in [2.45, 2.75) is 5.03 Å². The maximum absolute atomic E-state index is 12.3. The molecule has 1 aromatic heterocycles. The van der Waals surface area contributed by atoms with Crippen LogP contribution < -0.4 is 15.2 Å². The Morgan fingerprint density at radius 1 is 1.38 bits per heavy atom. The second-order valence-corrected chi connectivity index (χ2v) is 6.42. The first kappa shape index (κ1) is 15.7. The third kappa shape index (κ3) is 3.71. The Bertz CT molecular complexity index is 694. The Kier molecular flexibility index (Phi) is 4.80. The number of sulfonamides is 1. The molecule has 2 aromatic rings. The van der Waals surface area contributed by atoms with E-state index in [9.17, 15) is 8.42 Å². The predicted molar refractivity (Wildman–Crippen MR) is 80.5 cm³/mol. The highest BCUT2D eigenvalue weighted by Gasteiger charge is 2.23. The molecule has 114 valence electrons. The molecule has 0 radical (unpaired) electrons. The van der Waals surface area contributed by atoms with Crippen LogP contribution >= 0.6 is 15.9 Å². The molecule has 0 aliphatic carbocycles. The Hall–Kier alpha value is -1.65. The molecule has 10 heteroatoms. The second kappa shape index (κ2) is 6.41. The van der Waals surface area contributed by atoms with E-state index in [1.807, 2.05) is 0 Å². The molecule has 0 bridgehead atoms. The summed E-state index contributed by atoms with van der Waals surface area (Å²) in [4.78, 5) is 0. The van der Waals surface area contributed by atoms with E-state index in [1.165, 1.54) is 11.7 Å². The molecule has 1 aromatic carbocycles. The number of aryl methyl sites for hydroxylation is 1. The van der Waals surface area contributed by atoms with Crippen molar-refractivity contribution in [3.05, 3.63) is 28.9 Å². The summed E-state index contributed by atoms with van der Waals surface area (Å²) < 4.78 is 33.6. The lowest BCUT2D eigenvalue weighted by Crippen LogP contribution is -2.17. The number of halogens is 1. The highest BCUT2D eigenvalue weighted by molar-refractivity contribution is 9.10. The normalized spacial score (nSPS) is 11.4. The third-order valence-corrected chi connectivity index (χ3v) is 4.75. The van der Waals surface area contributed by atoms with Crippen LogP contribution in [0, 0.1) is 0 Å². The lowest BCUT2D eigenvalue weighted by atomic mass is 10.3. The van der Waals surface area contributed by atoms with E-state index in [0.29, 0.717) is 24.6 Å². The van der Waals surface area contributed by atoms with Crippen molar-refractivity contribution in [1.29, 1.82) is 0 Å².